The Morgan fingerprint density at radius 2 is 1.96 bits per heavy atom. The summed E-state index contributed by atoms with van der Waals surface area (Å²) in [5.74, 6) is -2.88. The predicted molar refractivity (Wildman–Crippen MR) is 82.2 cm³/mol. The lowest BCUT2D eigenvalue weighted by molar-refractivity contribution is -0.142. The Morgan fingerprint density at radius 3 is 2.57 bits per heavy atom. The SMILES string of the molecule is CCCC(CNC(=O)CNC(=O)Cc1cccc(F)c1)C(=O)O. The number of aliphatic carboxylic acids is 1. The molecule has 0 saturated heterocycles. The second-order valence-corrected chi connectivity index (χ2v) is 5.21. The van der Waals surface area contributed by atoms with Crippen molar-refractivity contribution < 1.29 is 23.9 Å². The molecule has 1 aromatic carbocycles. The summed E-state index contributed by atoms with van der Waals surface area (Å²) in [4.78, 5) is 34.2. The van der Waals surface area contributed by atoms with Crippen LogP contribution in [0.25, 0.3) is 0 Å². The van der Waals surface area contributed by atoms with Gasteiger partial charge in [0.15, 0.2) is 0 Å². The van der Waals surface area contributed by atoms with E-state index in [1.807, 2.05) is 6.92 Å². The van der Waals surface area contributed by atoms with Gasteiger partial charge in [-0.2, -0.15) is 0 Å². The predicted octanol–water partition coefficient (Wildman–Crippen LogP) is 1.10. The summed E-state index contributed by atoms with van der Waals surface area (Å²) in [7, 11) is 0. The van der Waals surface area contributed by atoms with Gasteiger partial charge in [-0.15, -0.1) is 0 Å². The zero-order valence-electron chi connectivity index (χ0n) is 13.0. The Balaban J connectivity index is 2.32. The van der Waals surface area contributed by atoms with Crippen LogP contribution in [0.3, 0.4) is 0 Å². The van der Waals surface area contributed by atoms with Crippen LogP contribution < -0.4 is 10.6 Å². The van der Waals surface area contributed by atoms with Crippen LogP contribution >= 0.6 is 0 Å². The first-order chi connectivity index (χ1) is 10.9. The zero-order chi connectivity index (χ0) is 17.2. The van der Waals surface area contributed by atoms with Crippen LogP contribution in [0.1, 0.15) is 25.3 Å². The molecular formula is C16H21FN2O4. The molecule has 0 spiro atoms. The van der Waals surface area contributed by atoms with Crippen molar-refractivity contribution in [3.8, 4) is 0 Å². The van der Waals surface area contributed by atoms with Gasteiger partial charge in [0.2, 0.25) is 11.8 Å². The van der Waals surface area contributed by atoms with Crippen molar-refractivity contribution in [3.63, 3.8) is 0 Å². The first kappa shape index (κ1) is 18.6. The minimum absolute atomic E-state index is 0.0291. The number of hydrogen-bond donors (Lipinski definition) is 3. The smallest absolute Gasteiger partial charge is 0.308 e. The minimum atomic E-state index is -0.956. The summed E-state index contributed by atoms with van der Waals surface area (Å²) in [6, 6.07) is 5.65. The molecule has 0 aliphatic rings. The molecule has 126 valence electrons. The van der Waals surface area contributed by atoms with Gasteiger partial charge in [-0.25, -0.2) is 4.39 Å². The van der Waals surface area contributed by atoms with E-state index in [-0.39, 0.29) is 19.5 Å². The molecule has 0 aliphatic carbocycles. The maximum absolute atomic E-state index is 13.0. The highest BCUT2D eigenvalue weighted by atomic mass is 19.1. The molecule has 1 unspecified atom stereocenters. The van der Waals surface area contributed by atoms with Gasteiger partial charge in [-0.05, 0) is 24.1 Å². The van der Waals surface area contributed by atoms with Crippen molar-refractivity contribution in [2.45, 2.75) is 26.2 Å². The quantitative estimate of drug-likeness (QED) is 0.634. The molecule has 7 heteroatoms. The number of carbonyl (C=O) groups excluding carboxylic acids is 2. The number of carbonyl (C=O) groups is 3. The molecule has 0 saturated carbocycles. The molecule has 0 aliphatic heterocycles. The van der Waals surface area contributed by atoms with Crippen LogP contribution in [0.2, 0.25) is 0 Å². The summed E-state index contributed by atoms with van der Waals surface area (Å²) in [5, 5.41) is 13.9. The largest absolute Gasteiger partial charge is 0.481 e. The molecule has 0 radical (unpaired) electrons. The number of carboxylic acid groups (broad SMARTS) is 1. The number of benzene rings is 1. The van der Waals surface area contributed by atoms with E-state index in [4.69, 9.17) is 5.11 Å². The maximum Gasteiger partial charge on any atom is 0.308 e. The summed E-state index contributed by atoms with van der Waals surface area (Å²) in [6.07, 6.45) is 1.15. The first-order valence-corrected chi connectivity index (χ1v) is 7.43. The summed E-state index contributed by atoms with van der Waals surface area (Å²) in [6.45, 7) is 1.65. The second-order valence-electron chi connectivity index (χ2n) is 5.21. The van der Waals surface area contributed by atoms with Gasteiger partial charge in [0.05, 0.1) is 18.9 Å². The monoisotopic (exact) mass is 324 g/mol. The van der Waals surface area contributed by atoms with Crippen molar-refractivity contribution in [2.24, 2.45) is 5.92 Å². The Morgan fingerprint density at radius 1 is 1.22 bits per heavy atom. The molecule has 6 nitrogen and oxygen atoms in total. The number of amides is 2. The van der Waals surface area contributed by atoms with Gasteiger partial charge in [0.1, 0.15) is 5.82 Å². The van der Waals surface area contributed by atoms with E-state index in [2.05, 4.69) is 10.6 Å². The number of hydrogen-bond acceptors (Lipinski definition) is 3. The van der Waals surface area contributed by atoms with Crippen molar-refractivity contribution in [3.05, 3.63) is 35.6 Å². The Labute approximate surface area is 134 Å². The highest BCUT2D eigenvalue weighted by Gasteiger charge is 2.17. The highest BCUT2D eigenvalue weighted by Crippen LogP contribution is 2.05. The zero-order valence-corrected chi connectivity index (χ0v) is 13.0. The third kappa shape index (κ3) is 7.39. The standard InChI is InChI=1S/C16H21FN2O4/c1-2-4-12(16(22)23)9-18-15(21)10-19-14(20)8-11-5-3-6-13(17)7-11/h3,5-7,12H,2,4,8-10H2,1H3,(H,18,21)(H,19,20)(H,22,23). The molecule has 23 heavy (non-hydrogen) atoms. The molecule has 3 N–H and O–H groups in total. The number of carboxylic acids is 1. The fourth-order valence-corrected chi connectivity index (χ4v) is 2.03. The lowest BCUT2D eigenvalue weighted by Gasteiger charge is -2.12. The van der Waals surface area contributed by atoms with E-state index in [0.717, 1.165) is 0 Å². The van der Waals surface area contributed by atoms with Crippen molar-refractivity contribution in [1.82, 2.24) is 10.6 Å². The number of rotatable bonds is 9. The van der Waals surface area contributed by atoms with E-state index in [9.17, 15) is 18.8 Å². The molecule has 0 heterocycles. The van der Waals surface area contributed by atoms with Crippen molar-refractivity contribution in [1.29, 1.82) is 0 Å². The van der Waals surface area contributed by atoms with Crippen LogP contribution in [-0.2, 0) is 20.8 Å². The van der Waals surface area contributed by atoms with Crippen molar-refractivity contribution in [2.75, 3.05) is 13.1 Å². The lowest BCUT2D eigenvalue weighted by atomic mass is 10.0. The van der Waals surface area contributed by atoms with E-state index < -0.39 is 29.5 Å². The van der Waals surface area contributed by atoms with Gasteiger partial charge in [-0.3, -0.25) is 14.4 Å². The Bertz CT molecular complexity index is 563. The molecule has 2 amide bonds. The summed E-state index contributed by atoms with van der Waals surface area (Å²) in [5.41, 5.74) is 0.511. The Hall–Kier alpha value is -2.44. The van der Waals surface area contributed by atoms with E-state index in [0.29, 0.717) is 18.4 Å². The average molecular weight is 324 g/mol. The highest BCUT2D eigenvalue weighted by molar-refractivity contribution is 5.85. The summed E-state index contributed by atoms with van der Waals surface area (Å²) < 4.78 is 13.0. The molecule has 0 aromatic heterocycles. The van der Waals surface area contributed by atoms with E-state index >= 15 is 0 Å². The van der Waals surface area contributed by atoms with Crippen LogP contribution in [0.4, 0.5) is 4.39 Å². The second kappa shape index (κ2) is 9.55. The molecule has 1 rings (SSSR count). The van der Waals surface area contributed by atoms with Gasteiger partial charge in [-0.1, -0.05) is 25.5 Å². The maximum atomic E-state index is 13.0. The number of nitrogens with one attached hydrogen (secondary N) is 2. The third-order valence-electron chi connectivity index (χ3n) is 3.23. The fourth-order valence-electron chi connectivity index (χ4n) is 2.03. The molecule has 1 aromatic rings. The van der Waals surface area contributed by atoms with Crippen LogP contribution in [-0.4, -0.2) is 36.0 Å². The van der Waals surface area contributed by atoms with Crippen LogP contribution in [0.15, 0.2) is 24.3 Å². The van der Waals surface area contributed by atoms with Crippen molar-refractivity contribution >= 4 is 17.8 Å². The minimum Gasteiger partial charge on any atom is -0.481 e. The lowest BCUT2D eigenvalue weighted by Crippen LogP contribution is -2.40. The molecular weight excluding hydrogens is 303 g/mol. The van der Waals surface area contributed by atoms with Gasteiger partial charge >= 0.3 is 5.97 Å². The summed E-state index contributed by atoms with van der Waals surface area (Å²) >= 11 is 0. The van der Waals surface area contributed by atoms with Crippen LogP contribution in [0, 0.1) is 11.7 Å². The molecule has 0 bridgehead atoms. The first-order valence-electron chi connectivity index (χ1n) is 7.43. The molecule has 0 fully saturated rings. The van der Waals surface area contributed by atoms with Gasteiger partial charge in [0, 0.05) is 6.54 Å². The topological polar surface area (TPSA) is 95.5 Å². The van der Waals surface area contributed by atoms with Crippen LogP contribution in [0.5, 0.6) is 0 Å². The van der Waals surface area contributed by atoms with Gasteiger partial charge < -0.3 is 15.7 Å². The van der Waals surface area contributed by atoms with E-state index in [1.165, 1.54) is 18.2 Å². The Kier molecular flexibility index (Phi) is 7.73. The van der Waals surface area contributed by atoms with Gasteiger partial charge in [0.25, 0.3) is 0 Å². The third-order valence-corrected chi connectivity index (χ3v) is 3.23. The molecule has 1 atom stereocenters. The normalized spacial score (nSPS) is 11.6. The fraction of sp³-hybridized carbons (Fsp3) is 0.438. The van der Waals surface area contributed by atoms with E-state index in [1.54, 1.807) is 6.07 Å². The number of halogens is 1. The average Bonchev–Trinajstić information content (AvgIpc) is 2.49.